The Morgan fingerprint density at radius 3 is 2.86 bits per heavy atom. The van der Waals surface area contributed by atoms with E-state index < -0.39 is 0 Å². The molecule has 2 aliphatic carbocycles. The molecule has 0 radical (unpaired) electrons. The molecular formula is C16H28N4O. The molecule has 1 heterocycles. The van der Waals surface area contributed by atoms with Gasteiger partial charge in [-0.1, -0.05) is 19.1 Å². The molecule has 0 amide bonds. The third-order valence-corrected chi connectivity index (χ3v) is 4.96. The molecule has 5 heteroatoms. The second-order valence-corrected chi connectivity index (χ2v) is 6.89. The summed E-state index contributed by atoms with van der Waals surface area (Å²) in [7, 11) is 0. The summed E-state index contributed by atoms with van der Waals surface area (Å²) in [5.74, 6) is 1.64. The zero-order chi connectivity index (χ0) is 14.7. The molecule has 118 valence electrons. The van der Waals surface area contributed by atoms with Crippen molar-refractivity contribution in [2.75, 3.05) is 6.61 Å². The molecule has 5 nitrogen and oxygen atoms in total. The van der Waals surface area contributed by atoms with Crippen LogP contribution in [0.3, 0.4) is 0 Å². The van der Waals surface area contributed by atoms with Crippen LogP contribution in [-0.2, 0) is 17.8 Å². The first kappa shape index (κ1) is 15.0. The highest BCUT2D eigenvalue weighted by Crippen LogP contribution is 2.30. The van der Waals surface area contributed by atoms with Crippen molar-refractivity contribution >= 4 is 0 Å². The third kappa shape index (κ3) is 4.51. The van der Waals surface area contributed by atoms with Crippen LogP contribution in [0.4, 0.5) is 0 Å². The van der Waals surface area contributed by atoms with E-state index in [0.29, 0.717) is 12.1 Å². The molecule has 0 saturated heterocycles. The molecule has 1 N–H and O–H groups in total. The van der Waals surface area contributed by atoms with E-state index >= 15 is 0 Å². The summed E-state index contributed by atoms with van der Waals surface area (Å²) in [6.07, 6.45) is 8.79. The van der Waals surface area contributed by atoms with Crippen LogP contribution in [0.25, 0.3) is 0 Å². The van der Waals surface area contributed by atoms with Crippen molar-refractivity contribution in [1.29, 1.82) is 0 Å². The summed E-state index contributed by atoms with van der Waals surface area (Å²) >= 11 is 0. The van der Waals surface area contributed by atoms with E-state index in [9.17, 15) is 0 Å². The highest BCUT2D eigenvalue weighted by Gasteiger charge is 2.24. The first-order valence-corrected chi connectivity index (χ1v) is 8.44. The van der Waals surface area contributed by atoms with Gasteiger partial charge in [-0.2, -0.15) is 0 Å². The fourth-order valence-corrected chi connectivity index (χ4v) is 3.03. The van der Waals surface area contributed by atoms with Crippen LogP contribution in [0, 0.1) is 11.8 Å². The van der Waals surface area contributed by atoms with Crippen molar-refractivity contribution in [3.63, 3.8) is 0 Å². The van der Waals surface area contributed by atoms with Gasteiger partial charge in [0.05, 0.1) is 24.9 Å². The van der Waals surface area contributed by atoms with Crippen molar-refractivity contribution in [1.82, 2.24) is 20.3 Å². The van der Waals surface area contributed by atoms with Crippen LogP contribution in [0.5, 0.6) is 0 Å². The minimum Gasteiger partial charge on any atom is -0.376 e. The number of aromatic nitrogens is 3. The molecule has 3 atom stereocenters. The molecule has 3 unspecified atom stereocenters. The number of hydrogen-bond acceptors (Lipinski definition) is 4. The molecule has 21 heavy (non-hydrogen) atoms. The van der Waals surface area contributed by atoms with Crippen LogP contribution in [0.1, 0.15) is 51.6 Å². The Labute approximate surface area is 127 Å². The van der Waals surface area contributed by atoms with Crippen LogP contribution in [0.15, 0.2) is 6.20 Å². The van der Waals surface area contributed by atoms with Gasteiger partial charge in [-0.3, -0.25) is 0 Å². The Balaban J connectivity index is 1.35. The zero-order valence-corrected chi connectivity index (χ0v) is 13.3. The summed E-state index contributed by atoms with van der Waals surface area (Å²) in [6, 6.07) is 0.717. The lowest BCUT2D eigenvalue weighted by Gasteiger charge is -2.31. The normalized spacial score (nSPS) is 29.7. The minimum atomic E-state index is 0.440. The van der Waals surface area contributed by atoms with Gasteiger partial charge in [0.25, 0.3) is 0 Å². The maximum atomic E-state index is 6.02. The van der Waals surface area contributed by atoms with Crippen molar-refractivity contribution in [3.05, 3.63) is 11.9 Å². The van der Waals surface area contributed by atoms with Crippen molar-refractivity contribution < 1.29 is 4.74 Å². The quantitative estimate of drug-likeness (QED) is 0.838. The number of hydrogen-bond donors (Lipinski definition) is 1. The minimum absolute atomic E-state index is 0.440. The maximum absolute atomic E-state index is 6.02. The van der Waals surface area contributed by atoms with Gasteiger partial charge in [-0.15, -0.1) is 5.10 Å². The van der Waals surface area contributed by atoms with Crippen LogP contribution >= 0.6 is 0 Å². The molecule has 3 rings (SSSR count). The van der Waals surface area contributed by atoms with Gasteiger partial charge in [-0.05, 0) is 43.9 Å². The third-order valence-electron chi connectivity index (χ3n) is 4.96. The number of rotatable bonds is 7. The van der Waals surface area contributed by atoms with E-state index in [-0.39, 0.29) is 0 Å². The van der Waals surface area contributed by atoms with Crippen molar-refractivity contribution in [2.24, 2.45) is 11.8 Å². The SMILES string of the molecule is CC1CCC(OCCn2cc(CNC3CC3)nn2)CC1C. The fourth-order valence-electron chi connectivity index (χ4n) is 3.03. The van der Waals surface area contributed by atoms with Crippen LogP contribution in [0.2, 0.25) is 0 Å². The summed E-state index contributed by atoms with van der Waals surface area (Å²) in [5, 5.41) is 11.8. The maximum Gasteiger partial charge on any atom is 0.0964 e. The van der Waals surface area contributed by atoms with Gasteiger partial charge in [0, 0.05) is 18.8 Å². The summed E-state index contributed by atoms with van der Waals surface area (Å²) in [5.41, 5.74) is 1.03. The second kappa shape index (κ2) is 6.88. The molecule has 1 aromatic heterocycles. The molecule has 0 spiro atoms. The largest absolute Gasteiger partial charge is 0.376 e. The molecule has 0 bridgehead atoms. The molecule has 0 aliphatic heterocycles. The lowest BCUT2D eigenvalue weighted by Crippen LogP contribution is -2.27. The van der Waals surface area contributed by atoms with Crippen LogP contribution in [-0.4, -0.2) is 33.7 Å². The predicted octanol–water partition coefficient (Wildman–Crippen LogP) is 2.37. The average Bonchev–Trinajstić information content (AvgIpc) is 3.20. The zero-order valence-electron chi connectivity index (χ0n) is 13.3. The van der Waals surface area contributed by atoms with E-state index in [1.54, 1.807) is 0 Å². The first-order valence-electron chi connectivity index (χ1n) is 8.44. The van der Waals surface area contributed by atoms with Gasteiger partial charge in [0.15, 0.2) is 0 Å². The van der Waals surface area contributed by atoms with Gasteiger partial charge in [0.1, 0.15) is 0 Å². The molecule has 0 aromatic carbocycles. The Kier molecular flexibility index (Phi) is 4.91. The predicted molar refractivity (Wildman–Crippen MR) is 81.8 cm³/mol. The van der Waals surface area contributed by atoms with Crippen LogP contribution < -0.4 is 5.32 Å². The van der Waals surface area contributed by atoms with Crippen molar-refractivity contribution in [3.8, 4) is 0 Å². The van der Waals surface area contributed by atoms with E-state index in [4.69, 9.17) is 4.74 Å². The number of nitrogens with zero attached hydrogens (tertiary/aromatic N) is 3. The summed E-state index contributed by atoms with van der Waals surface area (Å²) in [6.45, 7) is 7.08. The molecule has 2 aliphatic rings. The molecule has 1 aromatic rings. The monoisotopic (exact) mass is 292 g/mol. The fraction of sp³-hybridized carbons (Fsp3) is 0.875. The van der Waals surface area contributed by atoms with Gasteiger partial charge >= 0.3 is 0 Å². The Bertz CT molecular complexity index is 443. The van der Waals surface area contributed by atoms with Gasteiger partial charge < -0.3 is 10.1 Å². The lowest BCUT2D eigenvalue weighted by molar-refractivity contribution is -0.00184. The van der Waals surface area contributed by atoms with E-state index in [2.05, 4.69) is 29.5 Å². The Morgan fingerprint density at radius 1 is 1.24 bits per heavy atom. The standard InChI is InChI=1S/C16H28N4O/c1-12-3-6-16(9-13(12)2)21-8-7-20-11-15(18-19-20)10-17-14-4-5-14/h11-14,16-17H,3-10H2,1-2H3. The first-order chi connectivity index (χ1) is 10.2. The highest BCUT2D eigenvalue weighted by molar-refractivity contribution is 4.94. The van der Waals surface area contributed by atoms with Gasteiger partial charge in [-0.25, -0.2) is 4.68 Å². The topological polar surface area (TPSA) is 52.0 Å². The Morgan fingerprint density at radius 2 is 2.10 bits per heavy atom. The highest BCUT2D eigenvalue weighted by atomic mass is 16.5. The van der Waals surface area contributed by atoms with E-state index in [1.165, 1.54) is 32.1 Å². The van der Waals surface area contributed by atoms with Gasteiger partial charge in [0.2, 0.25) is 0 Å². The number of nitrogens with one attached hydrogen (secondary N) is 1. The molecular weight excluding hydrogens is 264 g/mol. The lowest BCUT2D eigenvalue weighted by atomic mass is 9.80. The summed E-state index contributed by atoms with van der Waals surface area (Å²) < 4.78 is 7.92. The van der Waals surface area contributed by atoms with E-state index in [0.717, 1.165) is 37.2 Å². The summed E-state index contributed by atoms with van der Waals surface area (Å²) in [4.78, 5) is 0. The average molecular weight is 292 g/mol. The molecule has 2 saturated carbocycles. The second-order valence-electron chi connectivity index (χ2n) is 6.89. The molecule has 2 fully saturated rings. The smallest absolute Gasteiger partial charge is 0.0964 e. The van der Waals surface area contributed by atoms with E-state index in [1.807, 2.05) is 10.9 Å². The Hall–Kier alpha value is -0.940. The number of ether oxygens (including phenoxy) is 1. The van der Waals surface area contributed by atoms with Crippen molar-refractivity contribution in [2.45, 2.75) is 71.2 Å².